The molecule has 3 aromatic rings. The van der Waals surface area contributed by atoms with Crippen molar-refractivity contribution in [2.75, 3.05) is 26.4 Å². The van der Waals surface area contributed by atoms with Gasteiger partial charge in [0.1, 0.15) is 23.0 Å². The Labute approximate surface area is 358 Å². The van der Waals surface area contributed by atoms with E-state index in [1.807, 2.05) is 0 Å². The zero-order chi connectivity index (χ0) is 41.1. The Morgan fingerprint density at radius 2 is 0.414 bits per heavy atom. The summed E-state index contributed by atoms with van der Waals surface area (Å²) in [6.07, 6.45) is 41.4. The Balaban J connectivity index is 1.79. The van der Waals surface area contributed by atoms with E-state index in [0.29, 0.717) is 0 Å². The summed E-state index contributed by atoms with van der Waals surface area (Å²) in [5, 5.41) is 4.44. The molecule has 4 heteroatoms. The monoisotopic (exact) mass is 803 g/mol. The van der Waals surface area contributed by atoms with Crippen molar-refractivity contribution in [2.45, 2.75) is 233 Å². The van der Waals surface area contributed by atoms with E-state index in [0.717, 1.165) is 96.7 Å². The molecule has 0 radical (unpaired) electrons. The lowest BCUT2D eigenvalue weighted by molar-refractivity contribution is 0.300. The van der Waals surface area contributed by atoms with Crippen LogP contribution in [0.2, 0.25) is 0 Å². The highest BCUT2D eigenvalue weighted by molar-refractivity contribution is 6.07. The zero-order valence-corrected chi connectivity index (χ0v) is 38.6. The molecule has 0 saturated heterocycles. The van der Waals surface area contributed by atoms with Crippen LogP contribution in [0, 0.1) is 0 Å². The molecule has 330 valence electrons. The molecule has 0 unspecified atom stereocenters. The minimum absolute atomic E-state index is 0.740. The van der Waals surface area contributed by atoms with Crippen molar-refractivity contribution < 1.29 is 18.9 Å². The van der Waals surface area contributed by atoms with E-state index in [1.54, 1.807) is 0 Å². The van der Waals surface area contributed by atoms with Gasteiger partial charge in [0, 0.05) is 21.5 Å². The highest BCUT2D eigenvalue weighted by Gasteiger charge is 2.16. The first-order valence-corrected chi connectivity index (χ1v) is 25.3. The van der Waals surface area contributed by atoms with Gasteiger partial charge in [-0.2, -0.15) is 0 Å². The number of hydrogen-bond donors (Lipinski definition) is 0. The fraction of sp³-hybridized carbons (Fsp3) is 0.741. The Morgan fingerprint density at radius 3 is 0.603 bits per heavy atom. The molecule has 3 rings (SSSR count). The molecule has 0 heterocycles. The predicted molar refractivity (Wildman–Crippen MR) is 254 cm³/mol. The molecule has 0 aliphatic carbocycles. The lowest BCUT2D eigenvalue weighted by Crippen LogP contribution is -2.03. The number of ether oxygens (including phenoxy) is 4. The molecule has 0 saturated carbocycles. The van der Waals surface area contributed by atoms with E-state index in [2.05, 4.69) is 64.1 Å². The molecule has 3 aromatic carbocycles. The average molecular weight is 803 g/mol. The molecule has 0 spiro atoms. The number of rotatable bonds is 40. The van der Waals surface area contributed by atoms with Gasteiger partial charge in [0.15, 0.2) is 0 Å². The fourth-order valence-corrected chi connectivity index (χ4v) is 8.25. The van der Waals surface area contributed by atoms with Crippen molar-refractivity contribution in [1.82, 2.24) is 0 Å². The lowest BCUT2D eigenvalue weighted by Gasteiger charge is -2.18. The SMILES string of the molecule is CCCCCCCCCCOc1ccc(OCCCCCCCCCC)c2cc3c(OCCCCCCCCCC)ccc(OCCCCCCCCCC)c3cc12. The molecule has 4 nitrogen and oxygen atoms in total. The van der Waals surface area contributed by atoms with Gasteiger partial charge >= 0.3 is 0 Å². The third-order valence-corrected chi connectivity index (χ3v) is 12.0. The summed E-state index contributed by atoms with van der Waals surface area (Å²) in [7, 11) is 0. The van der Waals surface area contributed by atoms with Crippen LogP contribution in [0.1, 0.15) is 233 Å². The third kappa shape index (κ3) is 21.1. The largest absolute Gasteiger partial charge is 0.493 e. The maximum absolute atomic E-state index is 6.60. The van der Waals surface area contributed by atoms with Crippen LogP contribution in [0.5, 0.6) is 23.0 Å². The first-order chi connectivity index (χ1) is 28.7. The van der Waals surface area contributed by atoms with Crippen molar-refractivity contribution in [3.63, 3.8) is 0 Å². The van der Waals surface area contributed by atoms with Crippen LogP contribution in [0.25, 0.3) is 21.5 Å². The average Bonchev–Trinajstić information content (AvgIpc) is 3.24. The van der Waals surface area contributed by atoms with Gasteiger partial charge < -0.3 is 18.9 Å². The van der Waals surface area contributed by atoms with Crippen LogP contribution >= 0.6 is 0 Å². The number of unbranched alkanes of at least 4 members (excludes halogenated alkanes) is 28. The number of fused-ring (bicyclic) bond motifs is 2. The van der Waals surface area contributed by atoms with Crippen molar-refractivity contribution in [1.29, 1.82) is 0 Å². The Kier molecular flexibility index (Phi) is 29.3. The fourth-order valence-electron chi connectivity index (χ4n) is 8.25. The maximum Gasteiger partial charge on any atom is 0.127 e. The molecule has 58 heavy (non-hydrogen) atoms. The van der Waals surface area contributed by atoms with Gasteiger partial charge in [0.05, 0.1) is 26.4 Å². The predicted octanol–water partition coefficient (Wildman–Crippen LogP) is 18.1. The molecular weight excluding hydrogens is 713 g/mol. The van der Waals surface area contributed by atoms with Gasteiger partial charge in [-0.15, -0.1) is 0 Å². The van der Waals surface area contributed by atoms with Gasteiger partial charge in [0.2, 0.25) is 0 Å². The third-order valence-electron chi connectivity index (χ3n) is 12.0. The van der Waals surface area contributed by atoms with E-state index in [-0.39, 0.29) is 0 Å². The Morgan fingerprint density at radius 1 is 0.241 bits per heavy atom. The van der Waals surface area contributed by atoms with Gasteiger partial charge in [-0.1, -0.05) is 207 Å². The summed E-state index contributed by atoms with van der Waals surface area (Å²) in [5.41, 5.74) is 0. The standard InChI is InChI=1S/C54H90O4/c1-5-9-13-17-21-25-29-33-41-55-51-37-38-52(56-42-34-30-26-22-18-14-10-6-2)48-46-50-49(45-47(48)51)53(57-43-35-31-27-23-19-15-11-7-3)39-40-54(50)58-44-36-32-28-24-20-16-12-8-4/h37-40,45-46H,5-36,41-44H2,1-4H3. The van der Waals surface area contributed by atoms with E-state index in [4.69, 9.17) is 18.9 Å². The molecule has 0 N–H and O–H groups in total. The topological polar surface area (TPSA) is 36.9 Å². The Bertz CT molecular complexity index is 1210. The van der Waals surface area contributed by atoms with Crippen LogP contribution in [-0.2, 0) is 0 Å². The molecule has 0 aliphatic rings. The summed E-state index contributed by atoms with van der Waals surface area (Å²) in [6, 6.07) is 13.2. The molecule has 0 atom stereocenters. The van der Waals surface area contributed by atoms with Crippen LogP contribution in [-0.4, -0.2) is 26.4 Å². The Hall–Kier alpha value is -2.62. The van der Waals surface area contributed by atoms with Gasteiger partial charge in [-0.3, -0.25) is 0 Å². The van der Waals surface area contributed by atoms with Crippen LogP contribution in [0.15, 0.2) is 36.4 Å². The summed E-state index contributed by atoms with van der Waals surface area (Å²) in [6.45, 7) is 12.1. The van der Waals surface area contributed by atoms with E-state index in [1.165, 1.54) is 180 Å². The van der Waals surface area contributed by atoms with Gasteiger partial charge in [-0.25, -0.2) is 0 Å². The molecule has 0 aromatic heterocycles. The molecule has 0 aliphatic heterocycles. The maximum atomic E-state index is 6.60. The summed E-state index contributed by atoms with van der Waals surface area (Å²) in [4.78, 5) is 0. The van der Waals surface area contributed by atoms with Crippen molar-refractivity contribution in [2.24, 2.45) is 0 Å². The van der Waals surface area contributed by atoms with Gasteiger partial charge in [0.25, 0.3) is 0 Å². The van der Waals surface area contributed by atoms with Crippen LogP contribution < -0.4 is 18.9 Å². The zero-order valence-electron chi connectivity index (χ0n) is 38.6. The second kappa shape index (κ2) is 34.1. The smallest absolute Gasteiger partial charge is 0.127 e. The van der Waals surface area contributed by atoms with Crippen molar-refractivity contribution in [3.8, 4) is 23.0 Å². The lowest BCUT2D eigenvalue weighted by atomic mass is 10.0. The highest BCUT2D eigenvalue weighted by atomic mass is 16.5. The quantitative estimate of drug-likeness (QED) is 0.0424. The first kappa shape index (κ1) is 49.7. The second-order valence-electron chi connectivity index (χ2n) is 17.4. The number of benzene rings is 3. The van der Waals surface area contributed by atoms with Crippen molar-refractivity contribution in [3.05, 3.63) is 36.4 Å². The summed E-state index contributed by atoms with van der Waals surface area (Å²) >= 11 is 0. The van der Waals surface area contributed by atoms with Crippen LogP contribution in [0.3, 0.4) is 0 Å². The normalized spacial score (nSPS) is 11.5. The minimum Gasteiger partial charge on any atom is -0.493 e. The second-order valence-corrected chi connectivity index (χ2v) is 17.4. The van der Waals surface area contributed by atoms with Crippen LogP contribution in [0.4, 0.5) is 0 Å². The molecular formula is C54H90O4. The van der Waals surface area contributed by atoms with E-state index >= 15 is 0 Å². The highest BCUT2D eigenvalue weighted by Crippen LogP contribution is 2.42. The van der Waals surface area contributed by atoms with E-state index in [9.17, 15) is 0 Å². The summed E-state index contributed by atoms with van der Waals surface area (Å²) in [5.74, 6) is 3.77. The van der Waals surface area contributed by atoms with Crippen molar-refractivity contribution >= 4 is 21.5 Å². The van der Waals surface area contributed by atoms with Gasteiger partial charge in [-0.05, 0) is 62.1 Å². The minimum atomic E-state index is 0.740. The molecule has 0 fully saturated rings. The molecule has 0 bridgehead atoms. The summed E-state index contributed by atoms with van der Waals surface area (Å²) < 4.78 is 26.4. The first-order valence-electron chi connectivity index (χ1n) is 25.3. The number of hydrogen-bond acceptors (Lipinski definition) is 4. The van der Waals surface area contributed by atoms with E-state index < -0.39 is 0 Å². The molecule has 0 amide bonds.